The van der Waals surface area contributed by atoms with Gasteiger partial charge in [0.25, 0.3) is 5.91 Å². The van der Waals surface area contributed by atoms with E-state index in [-0.39, 0.29) is 19.1 Å². The van der Waals surface area contributed by atoms with Crippen LogP contribution in [0, 0.1) is 0 Å². The standard InChI is InChI=1S/C23H24F3N7O2/c24-23(25,26)20-18(16-33(30-20)17-6-2-1-3-7-17)21(34)28-10-11-29-22(35)32-14-12-31(13-15-32)19-8-4-5-9-27-19/h1-9,16H,10-15H2,(H,28,34)(H,29,35). The van der Waals surface area contributed by atoms with Gasteiger partial charge in [0, 0.05) is 51.7 Å². The Morgan fingerprint density at radius 2 is 1.60 bits per heavy atom. The molecule has 1 saturated heterocycles. The predicted octanol–water partition coefficient (Wildman–Crippen LogP) is 2.55. The van der Waals surface area contributed by atoms with Gasteiger partial charge in [-0.25, -0.2) is 14.5 Å². The molecule has 3 heterocycles. The summed E-state index contributed by atoms with van der Waals surface area (Å²) in [6.07, 6.45) is -2.03. The number of piperazine rings is 1. The molecule has 0 atom stereocenters. The van der Waals surface area contributed by atoms with E-state index in [1.165, 1.54) is 0 Å². The van der Waals surface area contributed by atoms with E-state index >= 15 is 0 Å². The molecule has 1 aliphatic heterocycles. The van der Waals surface area contributed by atoms with E-state index in [9.17, 15) is 22.8 Å². The third-order valence-corrected chi connectivity index (χ3v) is 5.48. The Morgan fingerprint density at radius 1 is 0.914 bits per heavy atom. The monoisotopic (exact) mass is 487 g/mol. The Labute approximate surface area is 199 Å². The molecule has 1 fully saturated rings. The second kappa shape index (κ2) is 10.5. The van der Waals surface area contributed by atoms with Crippen molar-refractivity contribution in [1.29, 1.82) is 0 Å². The fraction of sp³-hybridized carbons (Fsp3) is 0.304. The maximum atomic E-state index is 13.4. The molecule has 2 N–H and O–H groups in total. The molecule has 0 aliphatic carbocycles. The molecule has 9 nitrogen and oxygen atoms in total. The van der Waals surface area contributed by atoms with Crippen LogP contribution in [0.25, 0.3) is 5.69 Å². The molecule has 0 saturated carbocycles. The van der Waals surface area contributed by atoms with E-state index in [2.05, 4.69) is 25.6 Å². The molecule has 2 aromatic heterocycles. The van der Waals surface area contributed by atoms with Crippen molar-refractivity contribution < 1.29 is 22.8 Å². The molecule has 4 rings (SSSR count). The number of pyridine rings is 1. The minimum absolute atomic E-state index is 0.0354. The lowest BCUT2D eigenvalue weighted by atomic mass is 10.2. The number of rotatable bonds is 6. The summed E-state index contributed by atoms with van der Waals surface area (Å²) in [5.74, 6) is -0.0678. The number of alkyl halides is 3. The van der Waals surface area contributed by atoms with Crippen LogP contribution in [0.5, 0.6) is 0 Å². The van der Waals surface area contributed by atoms with E-state index in [0.29, 0.717) is 31.9 Å². The summed E-state index contributed by atoms with van der Waals surface area (Å²) in [6.45, 7) is 2.30. The molecule has 3 aromatic rings. The first-order valence-corrected chi connectivity index (χ1v) is 11.0. The average Bonchev–Trinajstić information content (AvgIpc) is 3.34. The molecule has 0 bridgehead atoms. The normalized spacial score (nSPS) is 14.0. The molecule has 1 aromatic carbocycles. The number of carbonyl (C=O) groups excluding carboxylic acids is 2. The summed E-state index contributed by atoms with van der Waals surface area (Å²) in [5, 5.41) is 8.67. The van der Waals surface area contributed by atoms with Crippen LogP contribution in [0.3, 0.4) is 0 Å². The largest absolute Gasteiger partial charge is 0.435 e. The molecular weight excluding hydrogens is 463 g/mol. The molecule has 35 heavy (non-hydrogen) atoms. The van der Waals surface area contributed by atoms with Crippen LogP contribution in [0.15, 0.2) is 60.9 Å². The zero-order chi connectivity index (χ0) is 24.8. The lowest BCUT2D eigenvalue weighted by Gasteiger charge is -2.35. The highest BCUT2D eigenvalue weighted by Crippen LogP contribution is 2.31. The number of hydrogen-bond acceptors (Lipinski definition) is 5. The number of halogens is 3. The van der Waals surface area contributed by atoms with Crippen LogP contribution in [-0.4, -0.2) is 70.9 Å². The van der Waals surface area contributed by atoms with Gasteiger partial charge < -0.3 is 20.4 Å². The van der Waals surface area contributed by atoms with Gasteiger partial charge in [-0.1, -0.05) is 24.3 Å². The van der Waals surface area contributed by atoms with Crippen molar-refractivity contribution in [3.8, 4) is 5.69 Å². The summed E-state index contributed by atoms with van der Waals surface area (Å²) in [5.41, 5.74) is -1.46. The maximum Gasteiger partial charge on any atom is 0.435 e. The molecule has 12 heteroatoms. The Bertz CT molecular complexity index is 1140. The van der Waals surface area contributed by atoms with Crippen LogP contribution < -0.4 is 15.5 Å². The molecule has 3 amide bonds. The Hall–Kier alpha value is -4.09. The number of urea groups is 1. The van der Waals surface area contributed by atoms with Gasteiger partial charge in [-0.3, -0.25) is 4.79 Å². The van der Waals surface area contributed by atoms with E-state index in [4.69, 9.17) is 0 Å². The fourth-order valence-electron chi connectivity index (χ4n) is 3.69. The van der Waals surface area contributed by atoms with Gasteiger partial charge in [0.2, 0.25) is 0 Å². The van der Waals surface area contributed by atoms with Gasteiger partial charge >= 0.3 is 12.2 Å². The fourth-order valence-corrected chi connectivity index (χ4v) is 3.69. The van der Waals surface area contributed by atoms with Crippen molar-refractivity contribution in [2.24, 2.45) is 0 Å². The zero-order valence-electron chi connectivity index (χ0n) is 18.7. The average molecular weight is 487 g/mol. The summed E-state index contributed by atoms with van der Waals surface area (Å²) >= 11 is 0. The van der Waals surface area contributed by atoms with Gasteiger partial charge in [0.05, 0.1) is 11.3 Å². The van der Waals surface area contributed by atoms with Gasteiger partial charge in [-0.2, -0.15) is 18.3 Å². The van der Waals surface area contributed by atoms with Gasteiger partial charge in [-0.15, -0.1) is 0 Å². The maximum absolute atomic E-state index is 13.4. The van der Waals surface area contributed by atoms with Gasteiger partial charge in [-0.05, 0) is 24.3 Å². The van der Waals surface area contributed by atoms with E-state index in [1.807, 2.05) is 18.2 Å². The summed E-state index contributed by atoms with van der Waals surface area (Å²) < 4.78 is 41.4. The van der Waals surface area contributed by atoms with Gasteiger partial charge in [0.1, 0.15) is 5.82 Å². The van der Waals surface area contributed by atoms with Crippen LogP contribution in [0.4, 0.5) is 23.8 Å². The summed E-state index contributed by atoms with van der Waals surface area (Å²) in [6, 6.07) is 13.6. The molecule has 0 radical (unpaired) electrons. The minimum Gasteiger partial charge on any atom is -0.353 e. The van der Waals surface area contributed by atoms with Crippen molar-refractivity contribution in [2.45, 2.75) is 6.18 Å². The lowest BCUT2D eigenvalue weighted by Crippen LogP contribution is -2.52. The molecule has 1 aliphatic rings. The molecular formula is C23H24F3N7O2. The number of benzene rings is 1. The van der Waals surface area contributed by atoms with E-state index < -0.39 is 23.3 Å². The number of nitrogens with zero attached hydrogens (tertiary/aromatic N) is 5. The number of nitrogens with one attached hydrogen (secondary N) is 2. The quantitative estimate of drug-likeness (QED) is 0.521. The number of para-hydroxylation sites is 1. The minimum atomic E-state index is -4.79. The van der Waals surface area contributed by atoms with Crippen molar-refractivity contribution in [3.63, 3.8) is 0 Å². The van der Waals surface area contributed by atoms with Gasteiger partial charge in [0.15, 0.2) is 5.69 Å². The van der Waals surface area contributed by atoms with Crippen LogP contribution in [-0.2, 0) is 6.18 Å². The Morgan fingerprint density at radius 3 is 2.26 bits per heavy atom. The van der Waals surface area contributed by atoms with Crippen LogP contribution in [0.1, 0.15) is 16.1 Å². The number of aromatic nitrogens is 3. The number of hydrogen-bond donors (Lipinski definition) is 2. The number of anilines is 1. The first kappa shape index (κ1) is 24.0. The van der Waals surface area contributed by atoms with Crippen molar-refractivity contribution in [2.75, 3.05) is 44.2 Å². The second-order valence-electron chi connectivity index (χ2n) is 7.82. The highest BCUT2D eigenvalue weighted by atomic mass is 19.4. The highest BCUT2D eigenvalue weighted by molar-refractivity contribution is 5.95. The summed E-state index contributed by atoms with van der Waals surface area (Å²) in [7, 11) is 0. The van der Waals surface area contributed by atoms with E-state index in [0.717, 1.165) is 16.7 Å². The number of carbonyl (C=O) groups is 2. The van der Waals surface area contributed by atoms with Crippen LogP contribution >= 0.6 is 0 Å². The topological polar surface area (TPSA) is 95.4 Å². The van der Waals surface area contributed by atoms with E-state index in [1.54, 1.807) is 41.4 Å². The molecule has 184 valence electrons. The van der Waals surface area contributed by atoms with Crippen molar-refractivity contribution >= 4 is 17.8 Å². The first-order valence-electron chi connectivity index (χ1n) is 11.0. The Balaban J connectivity index is 1.27. The lowest BCUT2D eigenvalue weighted by molar-refractivity contribution is -0.141. The van der Waals surface area contributed by atoms with Crippen molar-refractivity contribution in [3.05, 3.63) is 72.2 Å². The smallest absolute Gasteiger partial charge is 0.353 e. The molecule has 0 unspecified atom stereocenters. The SMILES string of the molecule is O=C(NCCNC(=O)N1CCN(c2ccccn2)CC1)c1cn(-c2ccccc2)nc1C(F)(F)F. The Kier molecular flexibility index (Phi) is 7.18. The zero-order valence-corrected chi connectivity index (χ0v) is 18.7. The first-order chi connectivity index (χ1) is 16.8. The summed E-state index contributed by atoms with van der Waals surface area (Å²) in [4.78, 5) is 32.9. The number of amides is 3. The van der Waals surface area contributed by atoms with Crippen LogP contribution in [0.2, 0.25) is 0 Å². The third-order valence-electron chi connectivity index (χ3n) is 5.48. The third kappa shape index (κ3) is 5.89. The molecule has 0 spiro atoms. The van der Waals surface area contributed by atoms with Crippen molar-refractivity contribution in [1.82, 2.24) is 30.3 Å². The predicted molar refractivity (Wildman–Crippen MR) is 122 cm³/mol. The second-order valence-corrected chi connectivity index (χ2v) is 7.82. The highest BCUT2D eigenvalue weighted by Gasteiger charge is 2.39.